The molecule has 0 saturated heterocycles. The lowest BCUT2D eigenvalue weighted by Crippen LogP contribution is -2.14. The Morgan fingerprint density at radius 2 is 1.89 bits per heavy atom. The molecule has 2 rings (SSSR count). The molecular weight excluding hydrogens is 240 g/mol. The molecule has 1 aromatic heterocycles. The second kappa shape index (κ2) is 6.10. The van der Waals surface area contributed by atoms with Crippen LogP contribution in [-0.4, -0.2) is 40.5 Å². The van der Waals surface area contributed by atoms with E-state index >= 15 is 0 Å². The zero-order valence-electron chi connectivity index (χ0n) is 11.2. The van der Waals surface area contributed by atoms with Gasteiger partial charge < -0.3 is 16.0 Å². The maximum Gasteiger partial charge on any atom is 0.231 e. The van der Waals surface area contributed by atoms with Gasteiger partial charge in [0.1, 0.15) is 6.33 Å². The average Bonchev–Trinajstić information content (AvgIpc) is 2.38. The van der Waals surface area contributed by atoms with Crippen LogP contribution >= 0.6 is 0 Å². The number of benzene rings is 1. The molecule has 0 radical (unpaired) electrons. The first-order chi connectivity index (χ1) is 9.13. The predicted octanol–water partition coefficient (Wildman–Crippen LogP) is 1.30. The van der Waals surface area contributed by atoms with Gasteiger partial charge in [-0.15, -0.1) is 0 Å². The Bertz CT molecular complexity index is 523. The second-order valence-electron chi connectivity index (χ2n) is 4.54. The molecule has 0 amide bonds. The van der Waals surface area contributed by atoms with Crippen LogP contribution < -0.4 is 11.1 Å². The lowest BCUT2D eigenvalue weighted by atomic mass is 10.1. The van der Waals surface area contributed by atoms with Crippen molar-refractivity contribution in [1.82, 2.24) is 19.9 Å². The molecule has 0 atom stereocenters. The van der Waals surface area contributed by atoms with Crippen LogP contribution in [0.4, 0.5) is 17.6 Å². The molecule has 0 aliphatic heterocycles. The van der Waals surface area contributed by atoms with Crippen LogP contribution in [0.5, 0.6) is 0 Å². The second-order valence-corrected chi connectivity index (χ2v) is 4.54. The molecule has 6 nitrogen and oxygen atoms in total. The number of anilines is 3. The zero-order valence-corrected chi connectivity index (χ0v) is 11.2. The minimum atomic E-state index is 0.208. The number of aromatic nitrogens is 3. The molecule has 0 aliphatic carbocycles. The predicted molar refractivity (Wildman–Crippen MR) is 76.2 cm³/mol. The van der Waals surface area contributed by atoms with Gasteiger partial charge in [0.15, 0.2) is 0 Å². The largest absolute Gasteiger partial charge is 0.368 e. The Morgan fingerprint density at radius 3 is 2.53 bits per heavy atom. The third-order valence-electron chi connectivity index (χ3n) is 2.65. The molecule has 0 unspecified atom stereocenters. The number of likely N-dealkylation sites (N-methyl/N-ethyl adjacent to an activating group) is 1. The van der Waals surface area contributed by atoms with Crippen molar-refractivity contribution in [2.75, 3.05) is 31.7 Å². The summed E-state index contributed by atoms with van der Waals surface area (Å²) in [6.07, 6.45) is 2.42. The van der Waals surface area contributed by atoms with Gasteiger partial charge in [-0.2, -0.15) is 4.98 Å². The smallest absolute Gasteiger partial charge is 0.231 e. The third kappa shape index (κ3) is 4.18. The molecule has 6 heteroatoms. The van der Waals surface area contributed by atoms with Crippen LogP contribution in [0.3, 0.4) is 0 Å². The first kappa shape index (κ1) is 13.2. The van der Waals surface area contributed by atoms with Gasteiger partial charge in [-0.25, -0.2) is 9.97 Å². The van der Waals surface area contributed by atoms with E-state index in [9.17, 15) is 0 Å². The molecule has 19 heavy (non-hydrogen) atoms. The monoisotopic (exact) mass is 258 g/mol. The molecule has 1 heterocycles. The van der Waals surface area contributed by atoms with Crippen molar-refractivity contribution in [3.8, 4) is 0 Å². The SMILES string of the molecule is CN(C)CCc1ccc(Nc2ncnc(N)n2)cc1. The minimum absolute atomic E-state index is 0.208. The Morgan fingerprint density at radius 1 is 1.16 bits per heavy atom. The number of nitrogens with one attached hydrogen (secondary N) is 1. The van der Waals surface area contributed by atoms with Crippen LogP contribution in [0.1, 0.15) is 5.56 Å². The van der Waals surface area contributed by atoms with E-state index < -0.39 is 0 Å². The van der Waals surface area contributed by atoms with Gasteiger partial charge in [0, 0.05) is 12.2 Å². The lowest BCUT2D eigenvalue weighted by molar-refractivity contribution is 0.413. The van der Waals surface area contributed by atoms with Gasteiger partial charge in [0.2, 0.25) is 11.9 Å². The van der Waals surface area contributed by atoms with Gasteiger partial charge in [-0.05, 0) is 38.2 Å². The fraction of sp³-hybridized carbons (Fsp3) is 0.308. The molecule has 0 spiro atoms. The number of nitrogens with two attached hydrogens (primary N) is 1. The molecule has 2 aromatic rings. The van der Waals surface area contributed by atoms with Crippen LogP contribution in [0, 0.1) is 0 Å². The highest BCUT2D eigenvalue weighted by Crippen LogP contribution is 2.14. The summed E-state index contributed by atoms with van der Waals surface area (Å²) in [6, 6.07) is 8.20. The van der Waals surface area contributed by atoms with E-state index in [4.69, 9.17) is 5.73 Å². The number of hydrogen-bond donors (Lipinski definition) is 2. The summed E-state index contributed by atoms with van der Waals surface area (Å²) in [6.45, 7) is 1.04. The Balaban J connectivity index is 1.98. The van der Waals surface area contributed by atoms with Crippen molar-refractivity contribution in [2.45, 2.75) is 6.42 Å². The van der Waals surface area contributed by atoms with Crippen LogP contribution in [-0.2, 0) is 6.42 Å². The van der Waals surface area contributed by atoms with Crippen molar-refractivity contribution in [3.05, 3.63) is 36.2 Å². The molecule has 0 aliphatic rings. The van der Waals surface area contributed by atoms with Crippen LogP contribution in [0.15, 0.2) is 30.6 Å². The summed E-state index contributed by atoms with van der Waals surface area (Å²) in [5, 5.41) is 3.08. The Kier molecular flexibility index (Phi) is 4.25. The third-order valence-corrected chi connectivity index (χ3v) is 2.65. The standard InChI is InChI=1S/C13H18N6/c1-19(2)8-7-10-3-5-11(6-4-10)17-13-16-9-15-12(14)18-13/h3-6,9H,7-8H2,1-2H3,(H3,14,15,16,17,18). The summed E-state index contributed by atoms with van der Waals surface area (Å²) < 4.78 is 0. The molecule has 1 aromatic carbocycles. The van der Waals surface area contributed by atoms with Crippen LogP contribution in [0.25, 0.3) is 0 Å². The maximum atomic E-state index is 5.50. The fourth-order valence-electron chi connectivity index (χ4n) is 1.61. The van der Waals surface area contributed by atoms with E-state index in [-0.39, 0.29) is 5.95 Å². The minimum Gasteiger partial charge on any atom is -0.368 e. The first-order valence-electron chi connectivity index (χ1n) is 6.09. The molecular formula is C13H18N6. The van der Waals surface area contributed by atoms with Crippen molar-refractivity contribution >= 4 is 17.6 Å². The highest BCUT2D eigenvalue weighted by Gasteiger charge is 2.00. The summed E-state index contributed by atoms with van der Waals surface area (Å²) in [5.74, 6) is 0.661. The summed E-state index contributed by atoms with van der Waals surface area (Å²) in [5.41, 5.74) is 7.73. The van der Waals surface area contributed by atoms with E-state index in [1.807, 2.05) is 12.1 Å². The maximum absolute atomic E-state index is 5.50. The number of nitrogens with zero attached hydrogens (tertiary/aromatic N) is 4. The molecule has 0 saturated carbocycles. The van der Waals surface area contributed by atoms with E-state index in [2.05, 4.69) is 51.4 Å². The fourth-order valence-corrected chi connectivity index (χ4v) is 1.61. The lowest BCUT2D eigenvalue weighted by Gasteiger charge is -2.10. The van der Waals surface area contributed by atoms with Gasteiger partial charge in [0.05, 0.1) is 0 Å². The Hall–Kier alpha value is -2.21. The van der Waals surface area contributed by atoms with Gasteiger partial charge in [0.25, 0.3) is 0 Å². The topological polar surface area (TPSA) is 80.0 Å². The highest BCUT2D eigenvalue weighted by molar-refractivity contribution is 5.53. The van der Waals surface area contributed by atoms with Crippen LogP contribution in [0.2, 0.25) is 0 Å². The highest BCUT2D eigenvalue weighted by atomic mass is 15.2. The quantitative estimate of drug-likeness (QED) is 0.841. The van der Waals surface area contributed by atoms with Crippen molar-refractivity contribution in [2.24, 2.45) is 0 Å². The van der Waals surface area contributed by atoms with Crippen molar-refractivity contribution < 1.29 is 0 Å². The van der Waals surface area contributed by atoms with Crippen molar-refractivity contribution in [1.29, 1.82) is 0 Å². The summed E-state index contributed by atoms with van der Waals surface area (Å²) >= 11 is 0. The van der Waals surface area contributed by atoms with E-state index in [1.165, 1.54) is 11.9 Å². The number of rotatable bonds is 5. The molecule has 3 N–H and O–H groups in total. The van der Waals surface area contributed by atoms with E-state index in [0.29, 0.717) is 5.95 Å². The zero-order chi connectivity index (χ0) is 13.7. The molecule has 0 bridgehead atoms. The molecule has 0 fully saturated rings. The summed E-state index contributed by atoms with van der Waals surface area (Å²) in [4.78, 5) is 13.9. The van der Waals surface area contributed by atoms with Gasteiger partial charge >= 0.3 is 0 Å². The molecule has 100 valence electrons. The summed E-state index contributed by atoms with van der Waals surface area (Å²) in [7, 11) is 4.14. The van der Waals surface area contributed by atoms with E-state index in [0.717, 1.165) is 18.7 Å². The van der Waals surface area contributed by atoms with Gasteiger partial charge in [-0.1, -0.05) is 12.1 Å². The number of nitrogen functional groups attached to an aromatic ring is 1. The first-order valence-corrected chi connectivity index (χ1v) is 6.09. The van der Waals surface area contributed by atoms with Gasteiger partial charge in [-0.3, -0.25) is 0 Å². The number of hydrogen-bond acceptors (Lipinski definition) is 6. The average molecular weight is 258 g/mol. The Labute approximate surface area is 112 Å². The van der Waals surface area contributed by atoms with Crippen molar-refractivity contribution in [3.63, 3.8) is 0 Å². The van der Waals surface area contributed by atoms with E-state index in [1.54, 1.807) is 0 Å². The normalized spacial score (nSPS) is 10.7.